The topological polar surface area (TPSA) is 63.6 Å². The summed E-state index contributed by atoms with van der Waals surface area (Å²) in [4.78, 5) is 24.9. The first-order chi connectivity index (χ1) is 13.0. The molecule has 0 atom stereocenters. The number of allylic oxidation sites excluding steroid dienone is 1. The van der Waals surface area contributed by atoms with E-state index >= 15 is 0 Å². The molecule has 5 heteroatoms. The van der Waals surface area contributed by atoms with E-state index in [1.54, 1.807) is 24.3 Å². The fourth-order valence-corrected chi connectivity index (χ4v) is 3.08. The third-order valence-electron chi connectivity index (χ3n) is 4.29. The van der Waals surface area contributed by atoms with Gasteiger partial charge in [-0.3, -0.25) is 4.79 Å². The zero-order valence-electron chi connectivity index (χ0n) is 14.0. The maximum atomic E-state index is 12.8. The number of carbonyl (C=O) groups is 2. The van der Waals surface area contributed by atoms with Crippen LogP contribution in [0.25, 0.3) is 22.4 Å². The minimum absolute atomic E-state index is 0.102. The third kappa shape index (κ3) is 3.23. The van der Waals surface area contributed by atoms with Crippen molar-refractivity contribution in [3.05, 3.63) is 94.4 Å². The van der Waals surface area contributed by atoms with Crippen LogP contribution in [0.5, 0.6) is 0 Å². The highest BCUT2D eigenvalue weighted by Gasteiger charge is 2.33. The Morgan fingerprint density at radius 1 is 0.889 bits per heavy atom. The van der Waals surface area contributed by atoms with Gasteiger partial charge in [-0.25, -0.2) is 4.79 Å². The first-order valence-electron chi connectivity index (χ1n) is 8.19. The lowest BCUT2D eigenvalue weighted by Crippen LogP contribution is -2.23. The van der Waals surface area contributed by atoms with E-state index in [1.165, 1.54) is 6.08 Å². The Balaban J connectivity index is 1.77. The zero-order chi connectivity index (χ0) is 19.0. The molecule has 0 aromatic heterocycles. The normalized spacial score (nSPS) is 16.1. The molecule has 1 heterocycles. The first-order valence-corrected chi connectivity index (χ1v) is 8.57. The van der Waals surface area contributed by atoms with E-state index < -0.39 is 17.5 Å². The second-order valence-electron chi connectivity index (χ2n) is 6.06. The van der Waals surface area contributed by atoms with Gasteiger partial charge in [0.25, 0.3) is 0 Å². The minimum Gasteiger partial charge on any atom is -0.501 e. The summed E-state index contributed by atoms with van der Waals surface area (Å²) in [7, 11) is 0. The summed E-state index contributed by atoms with van der Waals surface area (Å²) in [6.07, 6.45) is 1.50. The number of ether oxygens (including phenoxy) is 1. The van der Waals surface area contributed by atoms with Crippen molar-refractivity contribution in [1.82, 2.24) is 0 Å². The molecule has 27 heavy (non-hydrogen) atoms. The van der Waals surface area contributed by atoms with Crippen molar-refractivity contribution in [1.29, 1.82) is 0 Å². The molecule has 1 aliphatic heterocycles. The van der Waals surface area contributed by atoms with Crippen molar-refractivity contribution >= 4 is 45.8 Å². The standard InChI is InChI=1S/C22H13ClO4/c23-17-9-7-15(8-10-17)19-20(24)18(27-22(26)21(19)25)12-13-5-6-14-3-1-2-4-16(14)11-13/h1-12,25H/b18-12-. The third-order valence-corrected chi connectivity index (χ3v) is 4.54. The van der Waals surface area contributed by atoms with Crippen LogP contribution in [-0.4, -0.2) is 16.9 Å². The largest absolute Gasteiger partial charge is 0.501 e. The van der Waals surface area contributed by atoms with Gasteiger partial charge < -0.3 is 9.84 Å². The molecule has 3 aromatic carbocycles. The molecular formula is C22H13ClO4. The predicted octanol–water partition coefficient (Wildman–Crippen LogP) is 4.93. The lowest BCUT2D eigenvalue weighted by Gasteiger charge is -2.17. The molecule has 0 unspecified atom stereocenters. The van der Waals surface area contributed by atoms with Crippen LogP contribution in [0.15, 0.2) is 78.2 Å². The second kappa shape index (κ2) is 6.74. The number of fused-ring (bicyclic) bond motifs is 1. The van der Waals surface area contributed by atoms with Gasteiger partial charge in [-0.2, -0.15) is 0 Å². The lowest BCUT2D eigenvalue weighted by atomic mass is 9.96. The summed E-state index contributed by atoms with van der Waals surface area (Å²) >= 11 is 5.87. The van der Waals surface area contributed by atoms with E-state index in [1.807, 2.05) is 42.5 Å². The summed E-state index contributed by atoms with van der Waals surface area (Å²) < 4.78 is 5.04. The van der Waals surface area contributed by atoms with Crippen molar-refractivity contribution in [2.45, 2.75) is 0 Å². The Morgan fingerprint density at radius 3 is 2.33 bits per heavy atom. The molecule has 1 N–H and O–H groups in total. The smallest absolute Gasteiger partial charge is 0.379 e. The Labute approximate surface area is 160 Å². The van der Waals surface area contributed by atoms with Crippen LogP contribution in [0.4, 0.5) is 0 Å². The number of carbonyl (C=O) groups excluding carboxylic acids is 2. The van der Waals surface area contributed by atoms with Gasteiger partial charge in [0, 0.05) is 5.02 Å². The van der Waals surface area contributed by atoms with Crippen LogP contribution in [0.1, 0.15) is 11.1 Å². The molecule has 3 aromatic rings. The van der Waals surface area contributed by atoms with Crippen molar-refractivity contribution in [2.24, 2.45) is 0 Å². The predicted molar refractivity (Wildman–Crippen MR) is 104 cm³/mol. The molecule has 132 valence electrons. The summed E-state index contributed by atoms with van der Waals surface area (Å²) in [6, 6.07) is 19.7. The van der Waals surface area contributed by atoms with Gasteiger partial charge in [0.2, 0.25) is 11.5 Å². The maximum Gasteiger partial charge on any atom is 0.379 e. The van der Waals surface area contributed by atoms with E-state index in [0.29, 0.717) is 16.1 Å². The van der Waals surface area contributed by atoms with Crippen molar-refractivity contribution in [3.8, 4) is 0 Å². The van der Waals surface area contributed by atoms with Crippen LogP contribution in [0.2, 0.25) is 5.02 Å². The Hall–Kier alpha value is -3.37. The number of cyclic esters (lactones) is 1. The molecule has 1 aliphatic rings. The van der Waals surface area contributed by atoms with Crippen molar-refractivity contribution in [2.75, 3.05) is 0 Å². The molecular weight excluding hydrogens is 364 g/mol. The molecule has 0 saturated heterocycles. The molecule has 4 rings (SSSR count). The number of aliphatic hydroxyl groups excluding tert-OH is 1. The highest BCUT2D eigenvalue weighted by atomic mass is 35.5. The van der Waals surface area contributed by atoms with E-state index in [2.05, 4.69) is 0 Å². The molecule has 0 bridgehead atoms. The number of hydrogen-bond donors (Lipinski definition) is 1. The number of Topliss-reactive ketones (excluding diaryl/α,β-unsaturated/α-hetero) is 1. The van der Waals surface area contributed by atoms with Gasteiger partial charge in [0.1, 0.15) is 0 Å². The molecule has 0 fully saturated rings. The molecule has 0 radical (unpaired) electrons. The molecule has 0 spiro atoms. The summed E-state index contributed by atoms with van der Waals surface area (Å²) in [5.41, 5.74) is 1.000. The molecule has 0 saturated carbocycles. The number of halogens is 1. The number of rotatable bonds is 2. The molecule has 0 amide bonds. The van der Waals surface area contributed by atoms with Gasteiger partial charge in [-0.15, -0.1) is 0 Å². The average molecular weight is 377 g/mol. The maximum absolute atomic E-state index is 12.8. The van der Waals surface area contributed by atoms with Crippen LogP contribution in [-0.2, 0) is 14.3 Å². The Kier molecular flexibility index (Phi) is 4.26. The van der Waals surface area contributed by atoms with E-state index in [4.69, 9.17) is 16.3 Å². The highest BCUT2D eigenvalue weighted by molar-refractivity contribution is 6.35. The quantitative estimate of drug-likeness (QED) is 0.509. The number of ketones is 1. The van der Waals surface area contributed by atoms with E-state index in [-0.39, 0.29) is 11.3 Å². The Morgan fingerprint density at radius 2 is 1.59 bits per heavy atom. The average Bonchev–Trinajstić information content (AvgIpc) is 2.67. The van der Waals surface area contributed by atoms with Gasteiger partial charge in [-0.05, 0) is 46.2 Å². The van der Waals surface area contributed by atoms with E-state index in [9.17, 15) is 14.7 Å². The number of benzene rings is 3. The monoisotopic (exact) mass is 376 g/mol. The van der Waals surface area contributed by atoms with Crippen LogP contribution in [0, 0.1) is 0 Å². The fourth-order valence-electron chi connectivity index (χ4n) is 2.96. The Bertz CT molecular complexity index is 1140. The van der Waals surface area contributed by atoms with E-state index in [0.717, 1.165) is 10.8 Å². The lowest BCUT2D eigenvalue weighted by molar-refractivity contribution is -0.141. The fraction of sp³-hybridized carbons (Fsp3) is 0. The minimum atomic E-state index is -0.966. The van der Waals surface area contributed by atoms with Crippen LogP contribution < -0.4 is 0 Å². The van der Waals surface area contributed by atoms with Crippen LogP contribution >= 0.6 is 11.6 Å². The molecule has 0 aliphatic carbocycles. The van der Waals surface area contributed by atoms with Gasteiger partial charge in [0.15, 0.2) is 5.76 Å². The summed E-state index contributed by atoms with van der Waals surface area (Å²) in [5.74, 6) is -2.38. The summed E-state index contributed by atoms with van der Waals surface area (Å²) in [5, 5.41) is 12.6. The van der Waals surface area contributed by atoms with Gasteiger partial charge in [-0.1, -0.05) is 60.1 Å². The molecule has 4 nitrogen and oxygen atoms in total. The van der Waals surface area contributed by atoms with Crippen molar-refractivity contribution < 1.29 is 19.4 Å². The van der Waals surface area contributed by atoms with Crippen molar-refractivity contribution in [3.63, 3.8) is 0 Å². The van der Waals surface area contributed by atoms with Gasteiger partial charge in [0.05, 0.1) is 5.57 Å². The zero-order valence-corrected chi connectivity index (χ0v) is 14.7. The number of esters is 1. The SMILES string of the molecule is O=C1O/C(=C\c2ccc3ccccc3c2)C(=O)C(c2ccc(Cl)cc2)=C1O. The first kappa shape index (κ1) is 17.1. The van der Waals surface area contributed by atoms with Gasteiger partial charge >= 0.3 is 5.97 Å². The highest BCUT2D eigenvalue weighted by Crippen LogP contribution is 2.30. The van der Waals surface area contributed by atoms with Crippen LogP contribution in [0.3, 0.4) is 0 Å². The number of aliphatic hydroxyl groups is 1. The summed E-state index contributed by atoms with van der Waals surface area (Å²) in [6.45, 7) is 0. The number of hydrogen-bond acceptors (Lipinski definition) is 4. The second-order valence-corrected chi connectivity index (χ2v) is 6.50.